The predicted octanol–water partition coefficient (Wildman–Crippen LogP) is 3.72. The van der Waals surface area contributed by atoms with E-state index >= 15 is 0 Å². The second kappa shape index (κ2) is 7.00. The summed E-state index contributed by atoms with van der Waals surface area (Å²) in [5.74, 6) is 0.772. The monoisotopic (exact) mass is 365 g/mol. The van der Waals surface area contributed by atoms with Gasteiger partial charge in [0, 0.05) is 36.1 Å². The molecule has 0 atom stereocenters. The van der Waals surface area contributed by atoms with Crippen molar-refractivity contribution in [2.45, 2.75) is 26.3 Å². The number of nitrogen functional groups attached to an aromatic ring is 1. The second-order valence-corrected chi connectivity index (χ2v) is 7.36. The van der Waals surface area contributed by atoms with Crippen LogP contribution in [0.25, 0.3) is 16.9 Å². The number of fused-ring (bicyclic) bond motifs is 1. The Labute approximate surface area is 157 Å². The Morgan fingerprint density at radius 3 is 2.56 bits per heavy atom. The smallest absolute Gasteiger partial charge is 0.269 e. The van der Waals surface area contributed by atoms with Crippen molar-refractivity contribution in [3.63, 3.8) is 0 Å². The summed E-state index contributed by atoms with van der Waals surface area (Å²) in [4.78, 5) is 17.8. The number of non-ortho nitro benzene ring substituents is 1. The molecule has 7 heteroatoms. The molecular weight excluding hydrogens is 342 g/mol. The quantitative estimate of drug-likeness (QED) is 0.562. The summed E-state index contributed by atoms with van der Waals surface area (Å²) in [6, 6.07) is 10.3. The molecule has 2 N–H and O–H groups in total. The van der Waals surface area contributed by atoms with Gasteiger partial charge in [0.1, 0.15) is 5.65 Å². The van der Waals surface area contributed by atoms with E-state index in [-0.39, 0.29) is 10.6 Å². The van der Waals surface area contributed by atoms with Crippen LogP contribution in [0.5, 0.6) is 0 Å². The minimum absolute atomic E-state index is 0.0818. The predicted molar refractivity (Wildman–Crippen MR) is 105 cm³/mol. The highest BCUT2D eigenvalue weighted by atomic mass is 16.6. The molecule has 3 aromatic rings. The van der Waals surface area contributed by atoms with Gasteiger partial charge in [0.05, 0.1) is 16.3 Å². The summed E-state index contributed by atoms with van der Waals surface area (Å²) in [7, 11) is 0. The van der Waals surface area contributed by atoms with Gasteiger partial charge in [-0.2, -0.15) is 0 Å². The lowest BCUT2D eigenvalue weighted by atomic mass is 9.99. The first kappa shape index (κ1) is 17.5. The van der Waals surface area contributed by atoms with E-state index in [1.54, 1.807) is 12.1 Å². The van der Waals surface area contributed by atoms with Crippen molar-refractivity contribution in [2.24, 2.45) is 5.92 Å². The van der Waals surface area contributed by atoms with Gasteiger partial charge in [-0.05, 0) is 56.1 Å². The molecule has 0 saturated carbocycles. The number of imidazole rings is 1. The van der Waals surface area contributed by atoms with Gasteiger partial charge in [0.15, 0.2) is 0 Å². The lowest BCUT2D eigenvalue weighted by molar-refractivity contribution is -0.384. The van der Waals surface area contributed by atoms with Crippen LogP contribution in [0.3, 0.4) is 0 Å². The molecule has 0 bridgehead atoms. The zero-order valence-corrected chi connectivity index (χ0v) is 15.3. The molecule has 1 aliphatic rings. The summed E-state index contributed by atoms with van der Waals surface area (Å²) in [5.41, 5.74) is 10.4. The lowest BCUT2D eigenvalue weighted by Gasteiger charge is -2.30. The van der Waals surface area contributed by atoms with Gasteiger partial charge >= 0.3 is 0 Å². The van der Waals surface area contributed by atoms with Gasteiger partial charge in [-0.3, -0.25) is 15.0 Å². The van der Waals surface area contributed by atoms with E-state index < -0.39 is 0 Å². The summed E-state index contributed by atoms with van der Waals surface area (Å²) < 4.78 is 2.05. The zero-order chi connectivity index (χ0) is 19.0. The first-order valence-corrected chi connectivity index (χ1v) is 9.25. The van der Waals surface area contributed by atoms with Crippen molar-refractivity contribution in [1.82, 2.24) is 14.3 Å². The fraction of sp³-hybridized carbons (Fsp3) is 0.350. The number of hydrogen-bond acceptors (Lipinski definition) is 5. The molecule has 140 valence electrons. The fourth-order valence-corrected chi connectivity index (χ4v) is 3.67. The maximum absolute atomic E-state index is 10.9. The van der Waals surface area contributed by atoms with Crippen LogP contribution in [0, 0.1) is 16.0 Å². The fourth-order valence-electron chi connectivity index (χ4n) is 3.67. The van der Waals surface area contributed by atoms with Crippen molar-refractivity contribution in [3.05, 3.63) is 58.4 Å². The van der Waals surface area contributed by atoms with E-state index in [0.717, 1.165) is 48.2 Å². The van der Waals surface area contributed by atoms with E-state index in [2.05, 4.69) is 11.8 Å². The van der Waals surface area contributed by atoms with Crippen LogP contribution in [0.4, 0.5) is 11.4 Å². The zero-order valence-electron chi connectivity index (χ0n) is 15.3. The minimum Gasteiger partial charge on any atom is -0.398 e. The van der Waals surface area contributed by atoms with Crippen molar-refractivity contribution in [3.8, 4) is 11.3 Å². The Bertz CT molecular complexity index is 972. The Kier molecular flexibility index (Phi) is 4.53. The summed E-state index contributed by atoms with van der Waals surface area (Å²) in [6.45, 7) is 5.21. The SMILES string of the molecule is CC1CCN(Cc2c(-c3ccc([N+](=O)[O-])cc3)nc3ccc(N)cn23)CC1. The molecule has 0 aliphatic carbocycles. The van der Waals surface area contributed by atoms with E-state index in [0.29, 0.717) is 5.69 Å². The Morgan fingerprint density at radius 1 is 1.19 bits per heavy atom. The molecule has 2 aromatic heterocycles. The Hall–Kier alpha value is -2.93. The molecule has 0 spiro atoms. The van der Waals surface area contributed by atoms with Gasteiger partial charge in [-0.15, -0.1) is 0 Å². The van der Waals surface area contributed by atoms with E-state index in [1.807, 2.05) is 22.7 Å². The highest BCUT2D eigenvalue weighted by Gasteiger charge is 2.21. The van der Waals surface area contributed by atoms with Crippen molar-refractivity contribution < 1.29 is 4.92 Å². The maximum atomic E-state index is 10.9. The number of likely N-dealkylation sites (tertiary alicyclic amines) is 1. The highest BCUT2D eigenvalue weighted by Crippen LogP contribution is 2.29. The summed E-state index contributed by atoms with van der Waals surface area (Å²) in [6.07, 6.45) is 4.30. The largest absolute Gasteiger partial charge is 0.398 e. The third kappa shape index (κ3) is 3.50. The van der Waals surface area contributed by atoms with E-state index in [9.17, 15) is 10.1 Å². The molecule has 0 unspecified atom stereocenters. The number of nitro groups is 1. The maximum Gasteiger partial charge on any atom is 0.269 e. The van der Waals surface area contributed by atoms with Crippen LogP contribution in [-0.2, 0) is 6.54 Å². The number of aromatic nitrogens is 2. The molecule has 1 fully saturated rings. The number of hydrogen-bond donors (Lipinski definition) is 1. The van der Waals surface area contributed by atoms with Crippen LogP contribution in [-0.4, -0.2) is 32.3 Å². The Morgan fingerprint density at radius 2 is 1.89 bits per heavy atom. The average Bonchev–Trinajstić information content (AvgIpc) is 3.01. The highest BCUT2D eigenvalue weighted by molar-refractivity contribution is 5.68. The molecule has 3 heterocycles. The van der Waals surface area contributed by atoms with Gasteiger partial charge in [0.2, 0.25) is 0 Å². The van der Waals surface area contributed by atoms with Crippen LogP contribution in [0.15, 0.2) is 42.6 Å². The molecule has 1 aliphatic heterocycles. The number of piperidine rings is 1. The molecule has 4 rings (SSSR count). The van der Waals surface area contributed by atoms with Crippen LogP contribution in [0.1, 0.15) is 25.5 Å². The molecule has 7 nitrogen and oxygen atoms in total. The third-order valence-corrected chi connectivity index (χ3v) is 5.34. The average molecular weight is 365 g/mol. The van der Waals surface area contributed by atoms with Gasteiger partial charge in [0.25, 0.3) is 5.69 Å². The first-order chi connectivity index (χ1) is 13.0. The lowest BCUT2D eigenvalue weighted by Crippen LogP contribution is -2.32. The van der Waals surface area contributed by atoms with Gasteiger partial charge < -0.3 is 10.1 Å². The van der Waals surface area contributed by atoms with Gasteiger partial charge in [-0.1, -0.05) is 6.92 Å². The summed E-state index contributed by atoms with van der Waals surface area (Å²) in [5, 5.41) is 10.9. The number of rotatable bonds is 4. The van der Waals surface area contributed by atoms with Gasteiger partial charge in [-0.25, -0.2) is 4.98 Å². The molecule has 0 amide bonds. The first-order valence-electron chi connectivity index (χ1n) is 9.25. The van der Waals surface area contributed by atoms with Crippen LogP contribution in [0.2, 0.25) is 0 Å². The topological polar surface area (TPSA) is 89.7 Å². The van der Waals surface area contributed by atoms with Crippen molar-refractivity contribution >= 4 is 17.0 Å². The van der Waals surface area contributed by atoms with E-state index in [4.69, 9.17) is 10.7 Å². The van der Waals surface area contributed by atoms with Crippen molar-refractivity contribution in [1.29, 1.82) is 0 Å². The van der Waals surface area contributed by atoms with Crippen LogP contribution >= 0.6 is 0 Å². The number of benzene rings is 1. The summed E-state index contributed by atoms with van der Waals surface area (Å²) >= 11 is 0. The molecule has 1 aromatic carbocycles. The normalized spacial score (nSPS) is 16.0. The standard InChI is InChI=1S/C20H23N5O2/c1-14-8-10-23(11-9-14)13-18-20(15-2-5-17(6-3-15)25(26)27)22-19-7-4-16(21)12-24(18)19/h2-7,12,14H,8-11,13,21H2,1H3. The molecule has 1 saturated heterocycles. The number of nitrogens with two attached hydrogens (primary N) is 1. The number of anilines is 1. The molecule has 0 radical (unpaired) electrons. The van der Waals surface area contributed by atoms with Crippen molar-refractivity contribution in [2.75, 3.05) is 18.8 Å². The number of nitrogens with zero attached hydrogens (tertiary/aromatic N) is 4. The van der Waals surface area contributed by atoms with Crippen LogP contribution < -0.4 is 5.73 Å². The second-order valence-electron chi connectivity index (χ2n) is 7.36. The number of pyridine rings is 1. The minimum atomic E-state index is -0.385. The van der Waals surface area contributed by atoms with E-state index in [1.165, 1.54) is 25.0 Å². The Balaban J connectivity index is 1.75. The number of nitro benzene ring substituents is 1. The molecular formula is C20H23N5O2. The molecule has 27 heavy (non-hydrogen) atoms. The third-order valence-electron chi connectivity index (χ3n) is 5.34.